The lowest BCUT2D eigenvalue weighted by molar-refractivity contribution is -0.127. The molecule has 11 nitrogen and oxygen atoms in total. The zero-order chi connectivity index (χ0) is 31.1. The van der Waals surface area contributed by atoms with Crippen molar-refractivity contribution in [2.45, 2.75) is 74.9 Å². The van der Waals surface area contributed by atoms with Gasteiger partial charge in [-0.15, -0.1) is 0 Å². The van der Waals surface area contributed by atoms with Gasteiger partial charge in [-0.1, -0.05) is 6.07 Å². The molecule has 15 heteroatoms. The second-order valence-electron chi connectivity index (χ2n) is 11.6. The number of rotatable bonds is 9. The molecule has 4 heterocycles. The summed E-state index contributed by atoms with van der Waals surface area (Å²) < 4.78 is 65.2. The van der Waals surface area contributed by atoms with E-state index in [0.29, 0.717) is 72.7 Å². The molecule has 0 saturated heterocycles. The highest BCUT2D eigenvalue weighted by Crippen LogP contribution is 2.35. The molecule has 0 aliphatic heterocycles. The predicted molar refractivity (Wildman–Crippen MR) is 158 cm³/mol. The van der Waals surface area contributed by atoms with Crippen molar-refractivity contribution in [1.82, 2.24) is 29.1 Å². The van der Waals surface area contributed by atoms with Crippen LogP contribution in [0.3, 0.4) is 0 Å². The Balaban J connectivity index is 1.27. The molecule has 3 N–H and O–H groups in total. The number of hydrogen-bond donors (Lipinski definition) is 3. The van der Waals surface area contributed by atoms with E-state index < -0.39 is 33.5 Å². The molecule has 44 heavy (non-hydrogen) atoms. The number of anilines is 3. The number of aliphatic hydroxyl groups is 1. The first-order valence-corrected chi connectivity index (χ1v) is 15.8. The van der Waals surface area contributed by atoms with Gasteiger partial charge in [-0.05, 0) is 63.6 Å². The topological polar surface area (TPSA) is 148 Å². The van der Waals surface area contributed by atoms with Crippen molar-refractivity contribution in [1.29, 1.82) is 0 Å². The van der Waals surface area contributed by atoms with Gasteiger partial charge in [-0.25, -0.2) is 23.4 Å². The lowest BCUT2D eigenvalue weighted by atomic mass is 9.83. The van der Waals surface area contributed by atoms with Crippen LogP contribution in [0.2, 0.25) is 0 Å². The van der Waals surface area contributed by atoms with Crippen molar-refractivity contribution in [2.24, 2.45) is 0 Å². The van der Waals surface area contributed by atoms with Gasteiger partial charge in [0.1, 0.15) is 11.6 Å². The molecule has 0 atom stereocenters. The van der Waals surface area contributed by atoms with Gasteiger partial charge in [0, 0.05) is 35.8 Å². The Kier molecular flexibility index (Phi) is 7.78. The van der Waals surface area contributed by atoms with E-state index in [1.165, 1.54) is 36.9 Å². The summed E-state index contributed by atoms with van der Waals surface area (Å²) in [6, 6.07) is 7.91. The summed E-state index contributed by atoms with van der Waals surface area (Å²) in [5.74, 6) is 1.06. The van der Waals surface area contributed by atoms with Crippen molar-refractivity contribution in [3.05, 3.63) is 60.8 Å². The number of aromatic nitrogens is 6. The highest BCUT2D eigenvalue weighted by molar-refractivity contribution is 7.90. The maximum atomic E-state index is 13.1. The summed E-state index contributed by atoms with van der Waals surface area (Å²) in [5.41, 5.74) is 1.10. The van der Waals surface area contributed by atoms with E-state index in [2.05, 4.69) is 35.7 Å². The molecular weight excluding hydrogens is 597 g/mol. The smallest absolute Gasteiger partial charge is 0.390 e. The summed E-state index contributed by atoms with van der Waals surface area (Å²) in [6.45, 7) is 1.81. The zero-order valence-electron chi connectivity index (χ0n) is 23.8. The van der Waals surface area contributed by atoms with Gasteiger partial charge in [0.25, 0.3) is 10.0 Å². The number of nitrogens with one attached hydrogen (secondary N) is 2. The molecule has 2 aliphatic carbocycles. The maximum Gasteiger partial charge on any atom is 0.394 e. The Morgan fingerprint density at radius 1 is 1.05 bits per heavy atom. The number of alkyl halides is 3. The van der Waals surface area contributed by atoms with Crippen LogP contribution in [0.4, 0.5) is 30.5 Å². The Morgan fingerprint density at radius 3 is 2.55 bits per heavy atom. The molecule has 0 unspecified atom stereocenters. The Bertz CT molecular complexity index is 1760. The molecule has 0 radical (unpaired) electrons. The van der Waals surface area contributed by atoms with Crippen LogP contribution in [0, 0.1) is 0 Å². The van der Waals surface area contributed by atoms with Crippen LogP contribution in [0.1, 0.15) is 51.1 Å². The van der Waals surface area contributed by atoms with Crippen molar-refractivity contribution in [3.8, 4) is 22.6 Å². The fourth-order valence-electron chi connectivity index (χ4n) is 5.16. The average molecular weight is 629 g/mol. The molecule has 0 bridgehead atoms. The number of pyridine rings is 2. The van der Waals surface area contributed by atoms with Crippen LogP contribution < -0.4 is 10.6 Å². The van der Waals surface area contributed by atoms with Crippen molar-refractivity contribution >= 4 is 27.3 Å². The van der Waals surface area contributed by atoms with Crippen molar-refractivity contribution in [3.63, 3.8) is 0 Å². The lowest BCUT2D eigenvalue weighted by Gasteiger charge is -2.34. The van der Waals surface area contributed by atoms with Gasteiger partial charge >= 0.3 is 6.18 Å². The van der Waals surface area contributed by atoms with E-state index in [4.69, 9.17) is 0 Å². The third kappa shape index (κ3) is 6.99. The summed E-state index contributed by atoms with van der Waals surface area (Å²) in [4.78, 5) is 17.5. The summed E-state index contributed by atoms with van der Waals surface area (Å²) in [5, 5.41) is 20.6. The van der Waals surface area contributed by atoms with Gasteiger partial charge in [0.05, 0.1) is 46.6 Å². The third-order valence-electron chi connectivity index (χ3n) is 7.73. The first-order valence-electron chi connectivity index (χ1n) is 14.3. The Hall–Kier alpha value is -4.11. The van der Waals surface area contributed by atoms with Crippen LogP contribution in [-0.2, 0) is 16.4 Å². The van der Waals surface area contributed by atoms with Crippen LogP contribution in [0.25, 0.3) is 22.6 Å². The van der Waals surface area contributed by atoms with E-state index in [9.17, 15) is 26.7 Å². The first kappa shape index (κ1) is 29.9. The van der Waals surface area contributed by atoms with E-state index in [1.807, 2.05) is 6.92 Å². The molecule has 4 aromatic heterocycles. The normalized spacial score (nSPS) is 20.8. The molecule has 0 spiro atoms. The highest BCUT2D eigenvalue weighted by atomic mass is 32.2. The third-order valence-corrected chi connectivity index (χ3v) is 9.76. The molecule has 0 amide bonds. The first-order chi connectivity index (χ1) is 20.8. The molecule has 0 aromatic carbocycles. The molecule has 2 aliphatic rings. The highest BCUT2D eigenvalue weighted by Gasteiger charge is 2.38. The maximum absolute atomic E-state index is 13.1. The van der Waals surface area contributed by atoms with Gasteiger partial charge < -0.3 is 15.7 Å². The lowest BCUT2D eigenvalue weighted by Crippen LogP contribution is -2.35. The zero-order valence-corrected chi connectivity index (χ0v) is 24.6. The van der Waals surface area contributed by atoms with E-state index in [-0.39, 0.29) is 17.6 Å². The molecule has 6 rings (SSSR count). The van der Waals surface area contributed by atoms with Gasteiger partial charge in [0.15, 0.2) is 5.82 Å². The van der Waals surface area contributed by atoms with Crippen LogP contribution in [-0.4, -0.2) is 65.7 Å². The van der Waals surface area contributed by atoms with Gasteiger partial charge in [-0.2, -0.15) is 22.4 Å². The summed E-state index contributed by atoms with van der Waals surface area (Å²) in [6.07, 6.45) is 4.19. The molecular formula is C29H31F3N8O3S. The second kappa shape index (κ2) is 11.4. The van der Waals surface area contributed by atoms with Crippen LogP contribution in [0.15, 0.2) is 55.1 Å². The Morgan fingerprint density at radius 2 is 1.82 bits per heavy atom. The fourth-order valence-corrected chi connectivity index (χ4v) is 6.64. The second-order valence-corrected chi connectivity index (χ2v) is 13.6. The minimum atomic E-state index is -4.39. The number of nitrogens with zero attached hydrogens (tertiary/aromatic N) is 6. The molecule has 4 aromatic rings. The van der Waals surface area contributed by atoms with E-state index in [1.54, 1.807) is 18.2 Å². The monoisotopic (exact) mass is 628 g/mol. The largest absolute Gasteiger partial charge is 0.394 e. The quantitative estimate of drug-likeness (QED) is 0.229. The minimum absolute atomic E-state index is 0.0247. The molecule has 2 fully saturated rings. The van der Waals surface area contributed by atoms with Crippen LogP contribution in [0.5, 0.6) is 0 Å². The van der Waals surface area contributed by atoms with Gasteiger partial charge in [-0.3, -0.25) is 4.98 Å². The molecule has 232 valence electrons. The van der Waals surface area contributed by atoms with E-state index >= 15 is 0 Å². The fraction of sp³-hybridized carbons (Fsp3) is 0.414. The van der Waals surface area contributed by atoms with Crippen LogP contribution >= 0.6 is 0 Å². The summed E-state index contributed by atoms with van der Waals surface area (Å²) >= 11 is 0. The van der Waals surface area contributed by atoms with Crippen molar-refractivity contribution in [2.75, 3.05) is 10.6 Å². The average Bonchev–Trinajstić information content (AvgIpc) is 3.71. The summed E-state index contributed by atoms with van der Waals surface area (Å²) in [7, 11) is -3.53. The Labute approximate surface area is 252 Å². The standard InChI is InChI=1S/C29H31F3N8O3S/c1-28(41)10-7-19(8-11-28)36-24-13-26(34-16-22(24)23-4-2-3-20(37-23)14-29(30,31)32)38-25-9-12-33-27(39-25)18-15-35-40(17-18)44(42,43)21-5-6-21/h2-4,9,12-13,15-17,19,21,41H,5-8,10-11,14H2,1H3,(H2,33,34,36,38,39). The SMILES string of the molecule is CC1(O)CCC(Nc2cc(Nc3ccnc(-c4cnn(S(=O)(=O)C5CC5)c4)n3)ncc2-c2cccc(CC(F)(F)F)n2)CC1. The van der Waals surface area contributed by atoms with Gasteiger partial charge in [0.2, 0.25) is 0 Å². The minimum Gasteiger partial charge on any atom is -0.390 e. The predicted octanol–water partition coefficient (Wildman–Crippen LogP) is 5.09. The van der Waals surface area contributed by atoms with E-state index in [0.717, 1.165) is 4.09 Å². The number of halogens is 3. The number of hydrogen-bond acceptors (Lipinski definition) is 10. The molecule has 2 saturated carbocycles. The van der Waals surface area contributed by atoms with Crippen molar-refractivity contribution < 1.29 is 26.7 Å².